The first kappa shape index (κ1) is 18.3. The summed E-state index contributed by atoms with van der Waals surface area (Å²) in [6.07, 6.45) is 2.01. The summed E-state index contributed by atoms with van der Waals surface area (Å²) in [4.78, 5) is 13.7. The lowest BCUT2D eigenvalue weighted by molar-refractivity contribution is 0.102. The molecule has 0 aliphatic heterocycles. The highest BCUT2D eigenvalue weighted by atomic mass is 35.5. The summed E-state index contributed by atoms with van der Waals surface area (Å²) in [6.45, 7) is 1.81. The first-order valence-corrected chi connectivity index (χ1v) is 9.35. The summed E-state index contributed by atoms with van der Waals surface area (Å²) in [6, 6.07) is 12.9. The number of benzene rings is 2. The number of rotatable bonds is 5. The molecule has 0 saturated heterocycles. The lowest BCUT2D eigenvalue weighted by Crippen LogP contribution is -2.14. The number of carbonyl (C=O) groups excluding carboxylic acids is 1. The molecule has 0 saturated carbocycles. The van der Waals surface area contributed by atoms with Gasteiger partial charge in [0, 0.05) is 10.6 Å². The Morgan fingerprint density at radius 3 is 2.77 bits per heavy atom. The Labute approximate surface area is 160 Å². The van der Waals surface area contributed by atoms with Gasteiger partial charge in [-0.05, 0) is 49.6 Å². The summed E-state index contributed by atoms with van der Waals surface area (Å²) < 4.78 is 6.76. The average molecular weight is 389 g/mol. The summed E-state index contributed by atoms with van der Waals surface area (Å²) in [5.41, 5.74) is 2.32. The second kappa shape index (κ2) is 7.80. The minimum atomic E-state index is -0.351. The van der Waals surface area contributed by atoms with E-state index in [1.165, 1.54) is 7.11 Å². The first-order chi connectivity index (χ1) is 12.5. The van der Waals surface area contributed by atoms with Gasteiger partial charge in [-0.3, -0.25) is 4.79 Å². The van der Waals surface area contributed by atoms with Gasteiger partial charge in [0.05, 0.1) is 23.5 Å². The number of aromatic nitrogens is 3. The molecule has 0 radical (unpaired) electrons. The van der Waals surface area contributed by atoms with Crippen molar-refractivity contribution in [2.24, 2.45) is 0 Å². The van der Waals surface area contributed by atoms with E-state index in [2.05, 4.69) is 15.6 Å². The Morgan fingerprint density at radius 2 is 2.08 bits per heavy atom. The van der Waals surface area contributed by atoms with E-state index in [0.29, 0.717) is 22.2 Å². The zero-order valence-electron chi connectivity index (χ0n) is 14.5. The van der Waals surface area contributed by atoms with Gasteiger partial charge in [-0.25, -0.2) is 4.68 Å². The third kappa shape index (κ3) is 3.68. The van der Waals surface area contributed by atoms with E-state index >= 15 is 0 Å². The van der Waals surface area contributed by atoms with E-state index in [4.69, 9.17) is 16.3 Å². The van der Waals surface area contributed by atoms with Crippen LogP contribution in [0.25, 0.3) is 5.69 Å². The monoisotopic (exact) mass is 388 g/mol. The van der Waals surface area contributed by atoms with Crippen LogP contribution in [0.2, 0.25) is 5.02 Å². The molecule has 3 aromatic rings. The first-order valence-electron chi connectivity index (χ1n) is 7.75. The number of nitrogens with zero attached hydrogens (tertiary/aromatic N) is 3. The zero-order valence-corrected chi connectivity index (χ0v) is 16.1. The Morgan fingerprint density at radius 1 is 1.27 bits per heavy atom. The maximum atomic E-state index is 12.6. The van der Waals surface area contributed by atoms with Crippen LogP contribution < -0.4 is 10.1 Å². The molecule has 0 spiro atoms. The number of ether oxygens (including phenoxy) is 1. The molecule has 1 aromatic heterocycles. The normalized spacial score (nSPS) is 10.6. The fourth-order valence-electron chi connectivity index (χ4n) is 2.46. The fourth-order valence-corrected chi connectivity index (χ4v) is 3.17. The Balaban J connectivity index is 1.85. The molecule has 2 aromatic carbocycles. The highest BCUT2D eigenvalue weighted by Gasteiger charge is 2.18. The highest BCUT2D eigenvalue weighted by molar-refractivity contribution is 7.98. The second-order valence-corrected chi connectivity index (χ2v) is 6.73. The molecule has 6 nitrogen and oxygen atoms in total. The minimum absolute atomic E-state index is 0.256. The van der Waals surface area contributed by atoms with Crippen LogP contribution in [0.3, 0.4) is 0 Å². The molecule has 1 heterocycles. The van der Waals surface area contributed by atoms with Crippen molar-refractivity contribution in [3.63, 3.8) is 0 Å². The number of nitrogens with one attached hydrogen (secondary N) is 1. The van der Waals surface area contributed by atoms with E-state index < -0.39 is 0 Å². The molecular weight excluding hydrogens is 372 g/mol. The molecule has 1 amide bonds. The van der Waals surface area contributed by atoms with Crippen LogP contribution in [0.1, 0.15) is 16.2 Å². The standard InChI is InChI=1S/C18H17ClN4O2S/c1-11-17(18(24)20-12-7-8-16(25-2)15(19)9-12)21-22-23(11)13-5-4-6-14(10-13)26-3/h4-10H,1-3H3,(H,20,24). The van der Waals surface area contributed by atoms with Gasteiger partial charge in [0.25, 0.3) is 5.91 Å². The van der Waals surface area contributed by atoms with Crippen LogP contribution in [-0.4, -0.2) is 34.3 Å². The lowest BCUT2D eigenvalue weighted by atomic mass is 10.2. The average Bonchev–Trinajstić information content (AvgIpc) is 3.03. The molecule has 3 rings (SSSR count). The molecule has 1 N–H and O–H groups in total. The maximum Gasteiger partial charge on any atom is 0.278 e. The van der Waals surface area contributed by atoms with E-state index in [9.17, 15) is 4.79 Å². The van der Waals surface area contributed by atoms with Gasteiger partial charge in [-0.1, -0.05) is 22.9 Å². The number of anilines is 1. The molecule has 0 aliphatic rings. The summed E-state index contributed by atoms with van der Waals surface area (Å²) in [5, 5.41) is 11.4. The summed E-state index contributed by atoms with van der Waals surface area (Å²) >= 11 is 7.73. The predicted octanol–water partition coefficient (Wildman–Crippen LogP) is 4.21. The molecule has 0 bridgehead atoms. The number of amides is 1. The van der Waals surface area contributed by atoms with Crippen molar-refractivity contribution < 1.29 is 9.53 Å². The third-order valence-electron chi connectivity index (χ3n) is 3.82. The number of methoxy groups -OCH3 is 1. The van der Waals surface area contributed by atoms with Crippen molar-refractivity contribution >= 4 is 35.0 Å². The second-order valence-electron chi connectivity index (χ2n) is 5.44. The van der Waals surface area contributed by atoms with Gasteiger partial charge in [0.1, 0.15) is 5.75 Å². The number of hydrogen-bond donors (Lipinski definition) is 1. The van der Waals surface area contributed by atoms with Crippen LogP contribution in [0, 0.1) is 6.92 Å². The Hall–Kier alpha value is -2.51. The van der Waals surface area contributed by atoms with Gasteiger partial charge in [-0.2, -0.15) is 0 Å². The van der Waals surface area contributed by atoms with Crippen molar-refractivity contribution in [3.05, 3.63) is 58.9 Å². The predicted molar refractivity (Wildman–Crippen MR) is 104 cm³/mol. The van der Waals surface area contributed by atoms with Crippen molar-refractivity contribution in [1.82, 2.24) is 15.0 Å². The van der Waals surface area contributed by atoms with Crippen LogP contribution in [0.5, 0.6) is 5.75 Å². The van der Waals surface area contributed by atoms with E-state index in [-0.39, 0.29) is 11.6 Å². The van der Waals surface area contributed by atoms with Gasteiger partial charge in [-0.15, -0.1) is 16.9 Å². The highest BCUT2D eigenvalue weighted by Crippen LogP contribution is 2.27. The van der Waals surface area contributed by atoms with Gasteiger partial charge in [0.2, 0.25) is 0 Å². The lowest BCUT2D eigenvalue weighted by Gasteiger charge is -2.08. The molecule has 0 atom stereocenters. The molecular formula is C18H17ClN4O2S. The quantitative estimate of drug-likeness (QED) is 0.663. The van der Waals surface area contributed by atoms with Crippen LogP contribution in [0.15, 0.2) is 47.4 Å². The van der Waals surface area contributed by atoms with Crippen LogP contribution in [0.4, 0.5) is 5.69 Å². The molecule has 0 aliphatic carbocycles. The molecule has 26 heavy (non-hydrogen) atoms. The zero-order chi connectivity index (χ0) is 18.7. The minimum Gasteiger partial charge on any atom is -0.495 e. The number of carbonyl (C=O) groups is 1. The third-order valence-corrected chi connectivity index (χ3v) is 4.84. The number of thioether (sulfide) groups is 1. The van der Waals surface area contributed by atoms with Gasteiger partial charge in [0.15, 0.2) is 5.69 Å². The Bertz CT molecular complexity index is 958. The number of halogens is 1. The summed E-state index contributed by atoms with van der Waals surface area (Å²) in [7, 11) is 1.53. The van der Waals surface area contributed by atoms with Crippen molar-refractivity contribution in [3.8, 4) is 11.4 Å². The van der Waals surface area contributed by atoms with Crippen molar-refractivity contribution in [2.75, 3.05) is 18.7 Å². The van der Waals surface area contributed by atoms with Crippen molar-refractivity contribution in [1.29, 1.82) is 0 Å². The van der Waals surface area contributed by atoms with E-state index in [0.717, 1.165) is 10.6 Å². The van der Waals surface area contributed by atoms with Gasteiger partial charge < -0.3 is 10.1 Å². The molecule has 8 heteroatoms. The Kier molecular flexibility index (Phi) is 5.49. The van der Waals surface area contributed by atoms with Crippen molar-refractivity contribution in [2.45, 2.75) is 11.8 Å². The maximum absolute atomic E-state index is 12.6. The van der Waals surface area contributed by atoms with Crippen LogP contribution >= 0.6 is 23.4 Å². The van der Waals surface area contributed by atoms with Crippen LogP contribution in [-0.2, 0) is 0 Å². The fraction of sp³-hybridized carbons (Fsp3) is 0.167. The molecule has 0 fully saturated rings. The smallest absolute Gasteiger partial charge is 0.278 e. The largest absolute Gasteiger partial charge is 0.495 e. The topological polar surface area (TPSA) is 69.0 Å². The SMILES string of the molecule is COc1ccc(NC(=O)c2nnn(-c3cccc(SC)c3)c2C)cc1Cl. The van der Waals surface area contributed by atoms with E-state index in [1.54, 1.807) is 34.6 Å². The molecule has 134 valence electrons. The number of hydrogen-bond acceptors (Lipinski definition) is 5. The van der Waals surface area contributed by atoms with Gasteiger partial charge >= 0.3 is 0 Å². The summed E-state index contributed by atoms with van der Waals surface area (Å²) in [5.74, 6) is 0.191. The van der Waals surface area contributed by atoms with E-state index in [1.807, 2.05) is 37.4 Å². The molecule has 0 unspecified atom stereocenters.